The Kier molecular flexibility index (Phi) is 3.98. The van der Waals surface area contributed by atoms with Crippen LogP contribution in [0.1, 0.15) is 39.3 Å². The first-order valence-electron chi connectivity index (χ1n) is 6.53. The van der Waals surface area contributed by atoms with Crippen molar-refractivity contribution in [2.45, 2.75) is 45.7 Å². The molecule has 0 bridgehead atoms. The molecule has 18 heavy (non-hydrogen) atoms. The Labute approximate surface area is 114 Å². The summed E-state index contributed by atoms with van der Waals surface area (Å²) >= 11 is 6.39. The quantitative estimate of drug-likeness (QED) is 0.818. The first-order chi connectivity index (χ1) is 8.53. The Hall–Kier alpha value is -0.990. The average molecular weight is 265 g/mol. The van der Waals surface area contributed by atoms with Crippen molar-refractivity contribution in [2.24, 2.45) is 0 Å². The van der Waals surface area contributed by atoms with Gasteiger partial charge in [0.15, 0.2) is 0 Å². The topological polar surface area (TPSA) is 27.8 Å². The molecule has 98 valence electrons. The summed E-state index contributed by atoms with van der Waals surface area (Å²) in [5.74, 6) is 0. The van der Waals surface area contributed by atoms with Crippen LogP contribution in [0.4, 0.5) is 0 Å². The zero-order valence-electron chi connectivity index (χ0n) is 11.3. The molecule has 0 saturated carbocycles. The second-order valence-electron chi connectivity index (χ2n) is 5.45. The summed E-state index contributed by atoms with van der Waals surface area (Å²) in [5, 5.41) is 5.50. The van der Waals surface area contributed by atoms with Crippen LogP contribution in [0.3, 0.4) is 0 Å². The van der Waals surface area contributed by atoms with Gasteiger partial charge in [-0.05, 0) is 26.3 Å². The molecule has 0 aliphatic rings. The van der Waals surface area contributed by atoms with E-state index in [1.807, 2.05) is 12.1 Å². The number of hydrogen-bond donors (Lipinski definition) is 2. The number of hydrogen-bond acceptors (Lipinski definition) is 1. The largest absolute Gasteiger partial charge is 0.356 e. The van der Waals surface area contributed by atoms with Crippen LogP contribution in [0.15, 0.2) is 24.3 Å². The highest BCUT2D eigenvalue weighted by molar-refractivity contribution is 6.36. The van der Waals surface area contributed by atoms with E-state index in [1.165, 1.54) is 6.42 Å². The minimum Gasteiger partial charge on any atom is -0.356 e. The lowest BCUT2D eigenvalue weighted by Gasteiger charge is -2.25. The Morgan fingerprint density at radius 2 is 2.00 bits per heavy atom. The summed E-state index contributed by atoms with van der Waals surface area (Å²) in [5.41, 5.74) is 2.32. The average Bonchev–Trinajstić information content (AvgIpc) is 2.65. The Morgan fingerprint density at radius 1 is 1.28 bits per heavy atom. The van der Waals surface area contributed by atoms with Crippen molar-refractivity contribution in [3.63, 3.8) is 0 Å². The second-order valence-corrected chi connectivity index (χ2v) is 5.83. The number of para-hydroxylation sites is 1. The van der Waals surface area contributed by atoms with Crippen molar-refractivity contribution in [1.29, 1.82) is 0 Å². The van der Waals surface area contributed by atoms with Crippen LogP contribution in [0, 0.1) is 0 Å². The molecule has 0 unspecified atom stereocenters. The van der Waals surface area contributed by atoms with Crippen LogP contribution >= 0.6 is 11.6 Å². The van der Waals surface area contributed by atoms with Gasteiger partial charge in [0, 0.05) is 28.7 Å². The van der Waals surface area contributed by atoms with Gasteiger partial charge in [0.1, 0.15) is 0 Å². The fraction of sp³-hybridized carbons (Fsp3) is 0.467. The number of benzene rings is 1. The van der Waals surface area contributed by atoms with Gasteiger partial charge in [-0.1, -0.05) is 43.1 Å². The maximum Gasteiger partial charge on any atom is 0.0705 e. The molecule has 0 amide bonds. The summed E-state index contributed by atoms with van der Waals surface area (Å²) in [7, 11) is 0. The first-order valence-corrected chi connectivity index (χ1v) is 6.91. The van der Waals surface area contributed by atoms with Gasteiger partial charge in [-0.15, -0.1) is 0 Å². The van der Waals surface area contributed by atoms with Gasteiger partial charge < -0.3 is 10.3 Å². The number of H-pyrrole nitrogens is 1. The standard InChI is InChI=1S/C15H21ClN2/c1-4-9-15(2,3)17-10-13-14(16)11-7-5-6-8-12(11)18-13/h5-8,17-18H,4,9-10H2,1-3H3. The third-order valence-corrected chi connectivity index (χ3v) is 3.76. The zero-order chi connectivity index (χ0) is 13.2. The summed E-state index contributed by atoms with van der Waals surface area (Å²) < 4.78 is 0. The van der Waals surface area contributed by atoms with Gasteiger partial charge in [0.2, 0.25) is 0 Å². The van der Waals surface area contributed by atoms with Crippen molar-refractivity contribution in [1.82, 2.24) is 10.3 Å². The Bertz CT molecular complexity index is 528. The molecule has 0 spiro atoms. The molecule has 1 aromatic carbocycles. The maximum atomic E-state index is 6.39. The van der Waals surface area contributed by atoms with Crippen molar-refractivity contribution < 1.29 is 0 Å². The minimum atomic E-state index is 0.148. The fourth-order valence-electron chi connectivity index (χ4n) is 2.33. The number of halogens is 1. The third-order valence-electron chi connectivity index (χ3n) is 3.33. The van der Waals surface area contributed by atoms with Crippen LogP contribution in [0.25, 0.3) is 10.9 Å². The van der Waals surface area contributed by atoms with Crippen molar-refractivity contribution in [2.75, 3.05) is 0 Å². The molecule has 1 heterocycles. The summed E-state index contributed by atoms with van der Waals surface area (Å²) in [6.07, 6.45) is 2.34. The highest BCUT2D eigenvalue weighted by atomic mass is 35.5. The normalized spacial score (nSPS) is 12.2. The molecule has 0 aliphatic heterocycles. The van der Waals surface area contributed by atoms with Gasteiger partial charge in [-0.2, -0.15) is 0 Å². The molecule has 2 rings (SSSR count). The number of nitrogens with one attached hydrogen (secondary N) is 2. The monoisotopic (exact) mass is 264 g/mol. The molecule has 0 fully saturated rings. The van der Waals surface area contributed by atoms with Crippen molar-refractivity contribution in [3.05, 3.63) is 35.0 Å². The molecular weight excluding hydrogens is 244 g/mol. The molecule has 2 N–H and O–H groups in total. The van der Waals surface area contributed by atoms with Crippen LogP contribution in [0.2, 0.25) is 5.02 Å². The van der Waals surface area contributed by atoms with Gasteiger partial charge >= 0.3 is 0 Å². The van der Waals surface area contributed by atoms with E-state index in [2.05, 4.69) is 43.2 Å². The third kappa shape index (κ3) is 2.88. The van der Waals surface area contributed by atoms with Crippen LogP contribution in [0.5, 0.6) is 0 Å². The highest BCUT2D eigenvalue weighted by Gasteiger charge is 2.17. The van der Waals surface area contributed by atoms with E-state index in [-0.39, 0.29) is 5.54 Å². The second kappa shape index (κ2) is 5.33. The Morgan fingerprint density at radius 3 is 2.67 bits per heavy atom. The SMILES string of the molecule is CCCC(C)(C)NCc1[nH]c2ccccc2c1Cl. The molecule has 2 nitrogen and oxygen atoms in total. The van der Waals surface area contributed by atoms with E-state index in [0.29, 0.717) is 0 Å². The van der Waals surface area contributed by atoms with Crippen LogP contribution in [-0.4, -0.2) is 10.5 Å². The van der Waals surface area contributed by atoms with E-state index in [1.54, 1.807) is 0 Å². The van der Waals surface area contributed by atoms with E-state index < -0.39 is 0 Å². The molecule has 1 aromatic heterocycles. The van der Waals surface area contributed by atoms with E-state index in [0.717, 1.165) is 34.6 Å². The molecule has 0 atom stereocenters. The minimum absolute atomic E-state index is 0.148. The Balaban J connectivity index is 2.15. The van der Waals surface area contributed by atoms with Gasteiger partial charge in [-0.25, -0.2) is 0 Å². The van der Waals surface area contributed by atoms with E-state index >= 15 is 0 Å². The lowest BCUT2D eigenvalue weighted by molar-refractivity contribution is 0.355. The smallest absolute Gasteiger partial charge is 0.0705 e. The lowest BCUT2D eigenvalue weighted by atomic mass is 9.99. The molecule has 0 radical (unpaired) electrons. The highest BCUT2D eigenvalue weighted by Crippen LogP contribution is 2.27. The molecule has 0 saturated heterocycles. The molecular formula is C15H21ClN2. The molecule has 3 heteroatoms. The predicted molar refractivity (Wildman–Crippen MR) is 79.1 cm³/mol. The van der Waals surface area contributed by atoms with Crippen LogP contribution < -0.4 is 5.32 Å². The van der Waals surface area contributed by atoms with Crippen molar-refractivity contribution in [3.8, 4) is 0 Å². The first kappa shape index (κ1) is 13.4. The van der Waals surface area contributed by atoms with Crippen molar-refractivity contribution >= 4 is 22.5 Å². The number of aromatic amines is 1. The van der Waals surface area contributed by atoms with Gasteiger partial charge in [0.25, 0.3) is 0 Å². The number of aromatic nitrogens is 1. The fourth-order valence-corrected chi connectivity index (χ4v) is 2.61. The van der Waals surface area contributed by atoms with Gasteiger partial charge in [0.05, 0.1) is 5.02 Å². The van der Waals surface area contributed by atoms with Crippen LogP contribution in [-0.2, 0) is 6.54 Å². The van der Waals surface area contributed by atoms with E-state index in [9.17, 15) is 0 Å². The summed E-state index contributed by atoms with van der Waals surface area (Å²) in [6, 6.07) is 8.14. The number of fused-ring (bicyclic) bond motifs is 1. The molecule has 0 aliphatic carbocycles. The summed E-state index contributed by atoms with van der Waals surface area (Å²) in [6.45, 7) is 7.44. The van der Waals surface area contributed by atoms with Gasteiger partial charge in [-0.3, -0.25) is 0 Å². The predicted octanol–water partition coefficient (Wildman–Crippen LogP) is 4.49. The maximum absolute atomic E-state index is 6.39. The molecule has 2 aromatic rings. The number of rotatable bonds is 5. The summed E-state index contributed by atoms with van der Waals surface area (Å²) in [4.78, 5) is 3.38. The van der Waals surface area contributed by atoms with E-state index in [4.69, 9.17) is 11.6 Å². The zero-order valence-corrected chi connectivity index (χ0v) is 12.1. The lowest BCUT2D eigenvalue weighted by Crippen LogP contribution is -2.38.